The first-order chi connectivity index (χ1) is 9.69. The average molecular weight is 275 g/mol. The van der Waals surface area contributed by atoms with Crippen molar-refractivity contribution in [3.05, 3.63) is 35.4 Å². The third-order valence-corrected chi connectivity index (χ3v) is 4.22. The van der Waals surface area contributed by atoms with Crippen LogP contribution >= 0.6 is 0 Å². The highest BCUT2D eigenvalue weighted by atomic mass is 15.1. The zero-order valence-corrected chi connectivity index (χ0v) is 13.2. The van der Waals surface area contributed by atoms with E-state index in [4.69, 9.17) is 0 Å². The Kier molecular flexibility index (Phi) is 6.02. The Balaban J connectivity index is 1.85. The largest absolute Gasteiger partial charge is 0.310 e. The summed E-state index contributed by atoms with van der Waals surface area (Å²) in [5, 5.41) is 3.75. The molecule has 112 valence electrons. The van der Waals surface area contributed by atoms with Gasteiger partial charge in [-0.15, -0.1) is 0 Å². The van der Waals surface area contributed by atoms with E-state index in [1.165, 1.54) is 43.6 Å². The van der Waals surface area contributed by atoms with Gasteiger partial charge in [0.2, 0.25) is 0 Å². The normalized spacial score (nSPS) is 17.8. The average Bonchev–Trinajstić information content (AvgIpc) is 2.46. The summed E-state index contributed by atoms with van der Waals surface area (Å²) in [6, 6.07) is 9.48. The Hall–Kier alpha value is -0.900. The van der Waals surface area contributed by atoms with E-state index in [1.54, 1.807) is 0 Å². The summed E-state index contributed by atoms with van der Waals surface area (Å²) in [4.78, 5) is 4.77. The lowest BCUT2D eigenvalue weighted by Gasteiger charge is -2.31. The summed E-state index contributed by atoms with van der Waals surface area (Å²) in [5.74, 6) is 0. The standard InChI is InChI=1S/C17H29N3/c1-4-20-11-9-17(10-12-20)18-13-15-7-5-6-8-16(15)14-19(2)3/h5-8,17-18H,4,9-14H2,1-3H3. The van der Waals surface area contributed by atoms with Gasteiger partial charge in [0, 0.05) is 19.1 Å². The van der Waals surface area contributed by atoms with Gasteiger partial charge in [0.25, 0.3) is 0 Å². The molecule has 2 rings (SSSR count). The fourth-order valence-electron chi connectivity index (χ4n) is 2.93. The van der Waals surface area contributed by atoms with Gasteiger partial charge < -0.3 is 15.1 Å². The summed E-state index contributed by atoms with van der Waals surface area (Å²) in [6.07, 6.45) is 2.56. The van der Waals surface area contributed by atoms with E-state index in [2.05, 4.69) is 60.4 Å². The van der Waals surface area contributed by atoms with E-state index < -0.39 is 0 Å². The molecule has 0 radical (unpaired) electrons. The highest BCUT2D eigenvalue weighted by Gasteiger charge is 2.17. The molecule has 1 saturated heterocycles. The van der Waals surface area contributed by atoms with Gasteiger partial charge in [0.1, 0.15) is 0 Å². The van der Waals surface area contributed by atoms with Gasteiger partial charge in [-0.2, -0.15) is 0 Å². The van der Waals surface area contributed by atoms with Crippen LogP contribution in [0, 0.1) is 0 Å². The minimum atomic E-state index is 0.685. The monoisotopic (exact) mass is 275 g/mol. The summed E-state index contributed by atoms with van der Waals surface area (Å²) >= 11 is 0. The van der Waals surface area contributed by atoms with Crippen molar-refractivity contribution in [1.29, 1.82) is 0 Å². The number of nitrogens with one attached hydrogen (secondary N) is 1. The van der Waals surface area contributed by atoms with Crippen molar-refractivity contribution in [2.45, 2.75) is 38.9 Å². The van der Waals surface area contributed by atoms with Crippen molar-refractivity contribution in [2.75, 3.05) is 33.7 Å². The molecule has 0 saturated carbocycles. The molecule has 0 amide bonds. The molecule has 1 N–H and O–H groups in total. The van der Waals surface area contributed by atoms with Crippen LogP contribution in [0.25, 0.3) is 0 Å². The maximum absolute atomic E-state index is 3.75. The maximum atomic E-state index is 3.75. The van der Waals surface area contributed by atoms with Gasteiger partial charge in [0.05, 0.1) is 0 Å². The second-order valence-corrected chi connectivity index (χ2v) is 6.10. The number of benzene rings is 1. The van der Waals surface area contributed by atoms with Crippen molar-refractivity contribution in [1.82, 2.24) is 15.1 Å². The SMILES string of the molecule is CCN1CCC(NCc2ccccc2CN(C)C)CC1. The first-order valence-corrected chi connectivity index (χ1v) is 7.86. The highest BCUT2D eigenvalue weighted by molar-refractivity contribution is 5.27. The fraction of sp³-hybridized carbons (Fsp3) is 0.647. The van der Waals surface area contributed by atoms with Crippen LogP contribution in [0.2, 0.25) is 0 Å². The van der Waals surface area contributed by atoms with E-state index in [9.17, 15) is 0 Å². The molecule has 0 aromatic heterocycles. The molecule has 1 heterocycles. The molecular formula is C17H29N3. The molecule has 0 atom stereocenters. The predicted octanol–water partition coefficient (Wildman–Crippen LogP) is 2.32. The van der Waals surface area contributed by atoms with Crippen molar-refractivity contribution in [3.63, 3.8) is 0 Å². The second kappa shape index (κ2) is 7.77. The van der Waals surface area contributed by atoms with Crippen LogP contribution in [0.5, 0.6) is 0 Å². The van der Waals surface area contributed by atoms with Gasteiger partial charge in [-0.1, -0.05) is 31.2 Å². The van der Waals surface area contributed by atoms with Crippen LogP contribution in [0.4, 0.5) is 0 Å². The molecule has 1 aliphatic rings. The van der Waals surface area contributed by atoms with E-state index in [0.717, 1.165) is 13.1 Å². The number of likely N-dealkylation sites (tertiary alicyclic amines) is 1. The topological polar surface area (TPSA) is 18.5 Å². The number of nitrogens with zero attached hydrogens (tertiary/aromatic N) is 2. The van der Waals surface area contributed by atoms with E-state index in [0.29, 0.717) is 6.04 Å². The molecule has 1 aliphatic heterocycles. The Bertz CT molecular complexity index is 395. The van der Waals surface area contributed by atoms with Gasteiger partial charge in [-0.3, -0.25) is 0 Å². The molecule has 1 aromatic carbocycles. The van der Waals surface area contributed by atoms with Gasteiger partial charge in [-0.05, 0) is 57.7 Å². The number of hydrogen-bond donors (Lipinski definition) is 1. The number of piperidine rings is 1. The lowest BCUT2D eigenvalue weighted by atomic mass is 10.0. The van der Waals surface area contributed by atoms with Crippen molar-refractivity contribution >= 4 is 0 Å². The van der Waals surface area contributed by atoms with Crippen LogP contribution in [-0.4, -0.2) is 49.6 Å². The molecule has 1 fully saturated rings. The molecule has 1 aromatic rings. The molecule has 3 nitrogen and oxygen atoms in total. The van der Waals surface area contributed by atoms with Crippen LogP contribution in [-0.2, 0) is 13.1 Å². The van der Waals surface area contributed by atoms with Gasteiger partial charge >= 0.3 is 0 Å². The van der Waals surface area contributed by atoms with Crippen LogP contribution in [0.3, 0.4) is 0 Å². The quantitative estimate of drug-likeness (QED) is 0.859. The molecule has 0 aliphatic carbocycles. The molecule has 0 bridgehead atoms. The third-order valence-electron chi connectivity index (χ3n) is 4.22. The Morgan fingerprint density at radius 1 is 1.15 bits per heavy atom. The molecule has 3 heteroatoms. The van der Waals surface area contributed by atoms with E-state index in [1.807, 2.05) is 0 Å². The Labute approximate surface area is 124 Å². The Morgan fingerprint density at radius 2 is 1.80 bits per heavy atom. The van der Waals surface area contributed by atoms with E-state index in [-0.39, 0.29) is 0 Å². The first kappa shape index (κ1) is 15.5. The summed E-state index contributed by atoms with van der Waals surface area (Å²) in [7, 11) is 4.26. The Morgan fingerprint density at radius 3 is 2.40 bits per heavy atom. The van der Waals surface area contributed by atoms with Crippen molar-refractivity contribution < 1.29 is 0 Å². The molecule has 20 heavy (non-hydrogen) atoms. The predicted molar refractivity (Wildman–Crippen MR) is 85.8 cm³/mol. The number of rotatable bonds is 6. The zero-order valence-electron chi connectivity index (χ0n) is 13.2. The van der Waals surface area contributed by atoms with Crippen LogP contribution in [0.1, 0.15) is 30.9 Å². The highest BCUT2D eigenvalue weighted by Crippen LogP contribution is 2.13. The van der Waals surface area contributed by atoms with Crippen LogP contribution in [0.15, 0.2) is 24.3 Å². The fourth-order valence-corrected chi connectivity index (χ4v) is 2.93. The van der Waals surface area contributed by atoms with Crippen molar-refractivity contribution in [2.24, 2.45) is 0 Å². The minimum absolute atomic E-state index is 0.685. The zero-order chi connectivity index (χ0) is 14.4. The maximum Gasteiger partial charge on any atom is 0.0230 e. The van der Waals surface area contributed by atoms with Crippen LogP contribution < -0.4 is 5.32 Å². The van der Waals surface area contributed by atoms with Gasteiger partial charge in [-0.25, -0.2) is 0 Å². The summed E-state index contributed by atoms with van der Waals surface area (Å²) in [5.41, 5.74) is 2.88. The first-order valence-electron chi connectivity index (χ1n) is 7.86. The minimum Gasteiger partial charge on any atom is -0.310 e. The molecule has 0 unspecified atom stereocenters. The number of hydrogen-bond acceptors (Lipinski definition) is 3. The lowest BCUT2D eigenvalue weighted by Crippen LogP contribution is -2.42. The summed E-state index contributed by atoms with van der Waals surface area (Å²) in [6.45, 7) is 7.96. The molecular weight excluding hydrogens is 246 g/mol. The van der Waals surface area contributed by atoms with E-state index >= 15 is 0 Å². The smallest absolute Gasteiger partial charge is 0.0230 e. The lowest BCUT2D eigenvalue weighted by molar-refractivity contribution is 0.206. The summed E-state index contributed by atoms with van der Waals surface area (Å²) < 4.78 is 0. The third kappa shape index (κ3) is 4.58. The van der Waals surface area contributed by atoms with Crippen molar-refractivity contribution in [3.8, 4) is 0 Å². The second-order valence-electron chi connectivity index (χ2n) is 6.10. The molecule has 0 spiro atoms. The van der Waals surface area contributed by atoms with Gasteiger partial charge in [0.15, 0.2) is 0 Å².